The molecule has 0 aliphatic heterocycles. The Kier molecular flexibility index (Phi) is 2.92. The van der Waals surface area contributed by atoms with Crippen molar-refractivity contribution >= 4 is 16.7 Å². The number of aromatic amines is 1. The number of nitrogens with zero attached hydrogens (tertiary/aromatic N) is 7. The summed E-state index contributed by atoms with van der Waals surface area (Å²) in [5, 5.41) is 10.9. The van der Waals surface area contributed by atoms with Gasteiger partial charge in [-0.1, -0.05) is 0 Å². The number of benzene rings is 1. The predicted octanol–water partition coefficient (Wildman–Crippen LogP) is 1.35. The van der Waals surface area contributed by atoms with Crippen LogP contribution in [0.15, 0.2) is 54.0 Å². The molecule has 10 heteroatoms. The Labute approximate surface area is 143 Å². The first-order valence-electron chi connectivity index (χ1n) is 7.59. The average molecular weight is 348 g/mol. The zero-order valence-electron chi connectivity index (χ0n) is 13.0. The Bertz CT molecular complexity index is 1300. The molecule has 0 atom stereocenters. The molecule has 1 aromatic carbocycles. The number of halogens is 1. The van der Waals surface area contributed by atoms with Gasteiger partial charge in [-0.15, -0.1) is 0 Å². The number of aromatic nitrogens is 8. The average Bonchev–Trinajstić information content (AvgIpc) is 3.33. The van der Waals surface area contributed by atoms with Crippen LogP contribution in [-0.4, -0.2) is 39.3 Å². The molecule has 0 aliphatic rings. The molecule has 0 unspecified atom stereocenters. The largest absolute Gasteiger partial charge is 0.269 e. The Morgan fingerprint density at radius 2 is 1.88 bits per heavy atom. The van der Waals surface area contributed by atoms with Crippen molar-refractivity contribution in [3.63, 3.8) is 0 Å². The van der Waals surface area contributed by atoms with Crippen LogP contribution in [0.1, 0.15) is 0 Å². The first kappa shape index (κ1) is 14.4. The zero-order valence-corrected chi connectivity index (χ0v) is 13.0. The Morgan fingerprint density at radius 1 is 1.04 bits per heavy atom. The summed E-state index contributed by atoms with van der Waals surface area (Å²) in [4.78, 5) is 25.6. The third-order valence-electron chi connectivity index (χ3n) is 4.02. The van der Waals surface area contributed by atoms with Crippen molar-refractivity contribution in [1.29, 1.82) is 0 Å². The van der Waals surface area contributed by atoms with Gasteiger partial charge in [-0.05, 0) is 30.3 Å². The van der Waals surface area contributed by atoms with Crippen molar-refractivity contribution in [1.82, 2.24) is 39.3 Å². The van der Waals surface area contributed by atoms with E-state index in [-0.39, 0.29) is 17.3 Å². The van der Waals surface area contributed by atoms with Crippen LogP contribution in [0.3, 0.4) is 0 Å². The summed E-state index contributed by atoms with van der Waals surface area (Å²) in [5.74, 6) is 0.246. The van der Waals surface area contributed by atoms with Crippen molar-refractivity contribution in [2.75, 3.05) is 0 Å². The van der Waals surface area contributed by atoms with E-state index in [2.05, 4.69) is 30.2 Å². The van der Waals surface area contributed by atoms with Crippen LogP contribution < -0.4 is 5.56 Å². The van der Waals surface area contributed by atoms with E-state index in [9.17, 15) is 9.18 Å². The standard InChI is InChI=1S/C16H9FN8O/c17-10-3-1-9(2-4-10)13-12-11(22-15-19-8-21-25(13)15)5-6-24(14(12)26)16-18-7-20-23-16/h1-8H,(H,18,20,23). The smallest absolute Gasteiger partial charge is 0.268 e. The molecule has 0 fully saturated rings. The molecule has 5 aromatic rings. The van der Waals surface area contributed by atoms with Crippen LogP contribution >= 0.6 is 0 Å². The molecule has 126 valence electrons. The van der Waals surface area contributed by atoms with Crippen LogP contribution in [0.25, 0.3) is 33.9 Å². The van der Waals surface area contributed by atoms with Gasteiger partial charge in [-0.25, -0.2) is 14.5 Å². The van der Waals surface area contributed by atoms with Gasteiger partial charge in [0.05, 0.1) is 16.6 Å². The second-order valence-corrected chi connectivity index (χ2v) is 5.50. The SMILES string of the molecule is O=c1c2c(-c3ccc(F)cc3)n3ncnc3nc2ccn1-c1ncn[nH]1. The summed E-state index contributed by atoms with van der Waals surface area (Å²) in [7, 11) is 0. The van der Waals surface area contributed by atoms with Crippen molar-refractivity contribution in [3.05, 3.63) is 65.4 Å². The van der Waals surface area contributed by atoms with Gasteiger partial charge in [-0.2, -0.15) is 24.7 Å². The fraction of sp³-hybridized carbons (Fsp3) is 0. The zero-order chi connectivity index (χ0) is 17.7. The van der Waals surface area contributed by atoms with Crippen LogP contribution in [-0.2, 0) is 0 Å². The summed E-state index contributed by atoms with van der Waals surface area (Å²) in [5.41, 5.74) is 1.18. The van der Waals surface area contributed by atoms with Crippen LogP contribution in [0.4, 0.5) is 4.39 Å². The van der Waals surface area contributed by atoms with E-state index in [1.54, 1.807) is 24.4 Å². The highest BCUT2D eigenvalue weighted by Gasteiger charge is 2.18. The van der Waals surface area contributed by atoms with E-state index >= 15 is 0 Å². The van der Waals surface area contributed by atoms with Crippen molar-refractivity contribution in [2.24, 2.45) is 0 Å². The summed E-state index contributed by atoms with van der Waals surface area (Å²) < 4.78 is 16.2. The lowest BCUT2D eigenvalue weighted by atomic mass is 10.1. The number of rotatable bonds is 2. The second kappa shape index (κ2) is 5.28. The summed E-state index contributed by atoms with van der Waals surface area (Å²) >= 11 is 0. The fourth-order valence-electron chi connectivity index (χ4n) is 2.88. The molecule has 0 aliphatic carbocycles. The number of hydrogen-bond donors (Lipinski definition) is 1. The normalized spacial score (nSPS) is 11.4. The molecule has 4 heterocycles. The van der Waals surface area contributed by atoms with Gasteiger partial charge in [0.15, 0.2) is 0 Å². The molecule has 26 heavy (non-hydrogen) atoms. The minimum atomic E-state index is -0.374. The first-order chi connectivity index (χ1) is 12.7. The fourth-order valence-corrected chi connectivity index (χ4v) is 2.88. The molecule has 1 N–H and O–H groups in total. The third-order valence-corrected chi connectivity index (χ3v) is 4.02. The van der Waals surface area contributed by atoms with Gasteiger partial charge >= 0.3 is 0 Å². The molecular formula is C16H9FN8O. The maximum Gasteiger partial charge on any atom is 0.269 e. The van der Waals surface area contributed by atoms with Gasteiger partial charge in [0.1, 0.15) is 18.5 Å². The molecule has 0 amide bonds. The maximum absolute atomic E-state index is 13.4. The number of H-pyrrole nitrogens is 1. The highest BCUT2D eigenvalue weighted by molar-refractivity contribution is 5.93. The minimum Gasteiger partial charge on any atom is -0.268 e. The molecular weight excluding hydrogens is 339 g/mol. The van der Waals surface area contributed by atoms with Gasteiger partial charge in [-0.3, -0.25) is 9.36 Å². The van der Waals surface area contributed by atoms with Gasteiger partial charge < -0.3 is 0 Å². The maximum atomic E-state index is 13.4. The van der Waals surface area contributed by atoms with Gasteiger partial charge in [0.25, 0.3) is 11.3 Å². The van der Waals surface area contributed by atoms with E-state index in [0.29, 0.717) is 27.9 Å². The predicted molar refractivity (Wildman–Crippen MR) is 89.2 cm³/mol. The number of nitrogens with one attached hydrogen (secondary N) is 1. The monoisotopic (exact) mass is 348 g/mol. The Balaban J connectivity index is 1.95. The Hall–Kier alpha value is -3.95. The molecule has 9 nitrogen and oxygen atoms in total. The van der Waals surface area contributed by atoms with Crippen molar-refractivity contribution in [3.8, 4) is 17.2 Å². The van der Waals surface area contributed by atoms with Gasteiger partial charge in [0.2, 0.25) is 5.95 Å². The quantitative estimate of drug-likeness (QED) is 0.516. The summed E-state index contributed by atoms with van der Waals surface area (Å²) in [6.07, 6.45) is 4.22. The molecule has 0 bridgehead atoms. The summed E-state index contributed by atoms with van der Waals surface area (Å²) in [6, 6.07) is 7.48. The van der Waals surface area contributed by atoms with Crippen LogP contribution in [0.5, 0.6) is 0 Å². The van der Waals surface area contributed by atoms with Crippen molar-refractivity contribution in [2.45, 2.75) is 0 Å². The lowest BCUT2D eigenvalue weighted by molar-refractivity contribution is 0.628. The number of hydrogen-bond acceptors (Lipinski definition) is 6. The molecule has 0 saturated heterocycles. The number of pyridine rings is 1. The van der Waals surface area contributed by atoms with E-state index < -0.39 is 0 Å². The van der Waals surface area contributed by atoms with E-state index in [1.165, 1.54) is 33.9 Å². The highest BCUT2D eigenvalue weighted by Crippen LogP contribution is 2.26. The Morgan fingerprint density at radius 3 is 2.65 bits per heavy atom. The minimum absolute atomic E-state index is 0.278. The molecule has 4 aromatic heterocycles. The first-order valence-corrected chi connectivity index (χ1v) is 7.59. The second-order valence-electron chi connectivity index (χ2n) is 5.50. The molecule has 0 spiro atoms. The highest BCUT2D eigenvalue weighted by atomic mass is 19.1. The molecule has 0 saturated carbocycles. The molecule has 5 rings (SSSR count). The molecule has 0 radical (unpaired) electrons. The van der Waals surface area contributed by atoms with Gasteiger partial charge in [0, 0.05) is 11.8 Å². The lowest BCUT2D eigenvalue weighted by Gasteiger charge is -2.10. The van der Waals surface area contributed by atoms with Crippen LogP contribution in [0, 0.1) is 5.82 Å². The third kappa shape index (κ3) is 2.02. The van der Waals surface area contributed by atoms with E-state index in [0.717, 1.165) is 0 Å². The summed E-state index contributed by atoms with van der Waals surface area (Å²) in [6.45, 7) is 0. The lowest BCUT2D eigenvalue weighted by Crippen LogP contribution is -2.21. The van der Waals surface area contributed by atoms with E-state index in [4.69, 9.17) is 0 Å². The number of fused-ring (bicyclic) bond motifs is 2. The van der Waals surface area contributed by atoms with Crippen molar-refractivity contribution < 1.29 is 4.39 Å². The van der Waals surface area contributed by atoms with E-state index in [1.807, 2.05) is 0 Å². The van der Waals surface area contributed by atoms with Crippen LogP contribution in [0.2, 0.25) is 0 Å². The topological polar surface area (TPSA) is 107 Å².